The molecule has 0 spiro atoms. The number of ether oxygens (including phenoxy) is 3. The van der Waals surface area contributed by atoms with Gasteiger partial charge in [0.1, 0.15) is 0 Å². The van der Waals surface area contributed by atoms with Gasteiger partial charge in [-0.05, 0) is 48.4 Å². The predicted molar refractivity (Wildman–Crippen MR) is 128 cm³/mol. The normalized spacial score (nSPS) is 14.3. The van der Waals surface area contributed by atoms with Crippen molar-refractivity contribution in [3.63, 3.8) is 0 Å². The molecule has 0 unspecified atom stereocenters. The second-order valence-corrected chi connectivity index (χ2v) is 8.24. The lowest BCUT2D eigenvalue weighted by atomic mass is 10.1. The largest absolute Gasteiger partial charge is 0.493 e. The number of hydrogen-bond acceptors (Lipinski definition) is 8. The van der Waals surface area contributed by atoms with Gasteiger partial charge >= 0.3 is 6.03 Å². The van der Waals surface area contributed by atoms with E-state index in [2.05, 4.69) is 10.6 Å². The molecule has 1 heterocycles. The van der Waals surface area contributed by atoms with Gasteiger partial charge < -0.3 is 30.6 Å². The predicted octanol–water partition coefficient (Wildman–Crippen LogP) is 2.09. The molecule has 0 saturated carbocycles. The number of carbonyl (C=O) groups excluding carboxylic acids is 4. The average Bonchev–Trinajstić information content (AvgIpc) is 3.07. The van der Waals surface area contributed by atoms with Crippen molar-refractivity contribution in [2.24, 2.45) is 5.73 Å². The van der Waals surface area contributed by atoms with Gasteiger partial charge in [-0.1, -0.05) is 6.42 Å². The molecule has 0 aliphatic carbocycles. The summed E-state index contributed by atoms with van der Waals surface area (Å²) < 4.78 is 15.9. The van der Waals surface area contributed by atoms with Gasteiger partial charge in [-0.25, -0.2) is 4.79 Å². The molecule has 5 amide bonds. The fraction of sp³-hybridized carbons (Fsp3) is 0.455. The highest BCUT2D eigenvalue weighted by molar-refractivity contribution is 8.18. The number of urea groups is 1. The number of primary amides is 1. The van der Waals surface area contributed by atoms with Crippen molar-refractivity contribution < 1.29 is 33.4 Å². The SMILES string of the molecule is COc1cc(/C=C2\SC(=O)N(CCNC(=O)CCCCCNC(N)=O)C2=O)cc(OC)c1OC. The molecule has 186 valence electrons. The molecule has 0 aromatic heterocycles. The zero-order valence-corrected chi connectivity index (χ0v) is 20.3. The fourth-order valence-electron chi connectivity index (χ4n) is 3.22. The third kappa shape index (κ3) is 7.58. The van der Waals surface area contributed by atoms with Crippen LogP contribution in [0.25, 0.3) is 6.08 Å². The van der Waals surface area contributed by atoms with E-state index in [9.17, 15) is 19.2 Å². The molecule has 0 bridgehead atoms. The Balaban J connectivity index is 1.87. The Labute approximate surface area is 202 Å². The minimum atomic E-state index is -0.566. The Hall–Kier alpha value is -3.41. The highest BCUT2D eigenvalue weighted by atomic mass is 32.2. The van der Waals surface area contributed by atoms with Crippen LogP contribution in [-0.2, 0) is 9.59 Å². The summed E-state index contributed by atoms with van der Waals surface area (Å²) in [6.45, 7) is 0.711. The van der Waals surface area contributed by atoms with E-state index >= 15 is 0 Å². The van der Waals surface area contributed by atoms with E-state index in [0.29, 0.717) is 42.2 Å². The van der Waals surface area contributed by atoms with Crippen LogP contribution in [0, 0.1) is 0 Å². The van der Waals surface area contributed by atoms with Gasteiger partial charge in [0.05, 0.1) is 26.2 Å². The van der Waals surface area contributed by atoms with E-state index in [4.69, 9.17) is 19.9 Å². The molecule has 4 N–H and O–H groups in total. The van der Waals surface area contributed by atoms with E-state index in [-0.39, 0.29) is 23.9 Å². The van der Waals surface area contributed by atoms with Gasteiger partial charge in [0.2, 0.25) is 11.7 Å². The first kappa shape index (κ1) is 26.8. The second kappa shape index (κ2) is 13.3. The molecular formula is C22H30N4O7S. The number of benzene rings is 1. The maximum absolute atomic E-state index is 12.7. The number of unbranched alkanes of at least 4 members (excludes halogenated alkanes) is 2. The number of nitrogens with zero attached hydrogens (tertiary/aromatic N) is 1. The van der Waals surface area contributed by atoms with E-state index in [1.54, 1.807) is 18.2 Å². The topological polar surface area (TPSA) is 149 Å². The van der Waals surface area contributed by atoms with Crippen molar-refractivity contribution >= 4 is 40.9 Å². The zero-order chi connectivity index (χ0) is 25.1. The number of hydrogen-bond donors (Lipinski definition) is 3. The van der Waals surface area contributed by atoms with Crippen LogP contribution in [-0.4, -0.2) is 68.9 Å². The lowest BCUT2D eigenvalue weighted by Crippen LogP contribution is -2.37. The summed E-state index contributed by atoms with van der Waals surface area (Å²) in [5.74, 6) is 0.689. The monoisotopic (exact) mass is 494 g/mol. The summed E-state index contributed by atoms with van der Waals surface area (Å²) in [4.78, 5) is 49.0. The van der Waals surface area contributed by atoms with E-state index in [1.165, 1.54) is 21.3 Å². The fourth-order valence-corrected chi connectivity index (χ4v) is 4.09. The molecule has 1 aliphatic rings. The van der Waals surface area contributed by atoms with Crippen molar-refractivity contribution in [1.29, 1.82) is 0 Å². The average molecular weight is 495 g/mol. The highest BCUT2D eigenvalue weighted by Gasteiger charge is 2.34. The van der Waals surface area contributed by atoms with Crippen LogP contribution in [0.1, 0.15) is 31.2 Å². The van der Waals surface area contributed by atoms with Gasteiger partial charge in [-0.2, -0.15) is 0 Å². The third-order valence-corrected chi connectivity index (χ3v) is 5.80. The minimum absolute atomic E-state index is 0.0749. The Kier molecular flexibility index (Phi) is 10.5. The molecule has 34 heavy (non-hydrogen) atoms. The van der Waals surface area contributed by atoms with Crippen molar-refractivity contribution in [2.45, 2.75) is 25.7 Å². The van der Waals surface area contributed by atoms with Gasteiger partial charge in [0.25, 0.3) is 11.1 Å². The van der Waals surface area contributed by atoms with Crippen molar-refractivity contribution in [1.82, 2.24) is 15.5 Å². The first-order valence-corrected chi connectivity index (χ1v) is 11.5. The summed E-state index contributed by atoms with van der Waals surface area (Å²) in [5.41, 5.74) is 5.59. The zero-order valence-electron chi connectivity index (χ0n) is 19.5. The summed E-state index contributed by atoms with van der Waals surface area (Å²) in [5, 5.41) is 4.80. The first-order chi connectivity index (χ1) is 16.3. The number of rotatable bonds is 13. The molecule has 1 aliphatic heterocycles. The number of imide groups is 1. The van der Waals surface area contributed by atoms with Crippen LogP contribution >= 0.6 is 11.8 Å². The molecule has 1 saturated heterocycles. The van der Waals surface area contributed by atoms with Crippen molar-refractivity contribution in [2.75, 3.05) is 41.0 Å². The van der Waals surface area contributed by atoms with Crippen molar-refractivity contribution in [3.05, 3.63) is 22.6 Å². The lowest BCUT2D eigenvalue weighted by Gasteiger charge is -2.13. The molecule has 1 aromatic rings. The molecular weight excluding hydrogens is 464 g/mol. The molecule has 0 atom stereocenters. The number of methoxy groups -OCH3 is 3. The summed E-state index contributed by atoms with van der Waals surface area (Å²) in [6.07, 6.45) is 4.06. The Morgan fingerprint density at radius 3 is 2.26 bits per heavy atom. The van der Waals surface area contributed by atoms with Gasteiger partial charge in [0, 0.05) is 26.1 Å². The van der Waals surface area contributed by atoms with Crippen LogP contribution in [0.15, 0.2) is 17.0 Å². The first-order valence-electron chi connectivity index (χ1n) is 10.7. The van der Waals surface area contributed by atoms with E-state index in [0.717, 1.165) is 29.5 Å². The van der Waals surface area contributed by atoms with Crippen LogP contribution in [0.4, 0.5) is 9.59 Å². The Morgan fingerprint density at radius 2 is 1.68 bits per heavy atom. The molecule has 11 nitrogen and oxygen atoms in total. The molecule has 1 fully saturated rings. The van der Waals surface area contributed by atoms with Crippen LogP contribution in [0.2, 0.25) is 0 Å². The minimum Gasteiger partial charge on any atom is -0.493 e. The standard InChI is InChI=1S/C22H30N4O7S/c1-31-15-11-14(12-16(32-2)19(15)33-3)13-17-20(28)26(22(30)34-17)10-9-24-18(27)7-5-4-6-8-25-21(23)29/h11-13H,4-10H2,1-3H3,(H,24,27)(H3,23,25,29)/b17-13-. The number of amides is 5. The van der Waals surface area contributed by atoms with Crippen LogP contribution in [0.3, 0.4) is 0 Å². The summed E-state index contributed by atoms with van der Waals surface area (Å²) in [6, 6.07) is 2.79. The van der Waals surface area contributed by atoms with Crippen molar-refractivity contribution in [3.8, 4) is 17.2 Å². The van der Waals surface area contributed by atoms with E-state index in [1.807, 2.05) is 0 Å². The Morgan fingerprint density at radius 1 is 1.00 bits per heavy atom. The highest BCUT2D eigenvalue weighted by Crippen LogP contribution is 2.40. The maximum atomic E-state index is 12.7. The van der Waals surface area contributed by atoms with Gasteiger partial charge in [0.15, 0.2) is 11.5 Å². The van der Waals surface area contributed by atoms with Crippen LogP contribution < -0.4 is 30.6 Å². The summed E-state index contributed by atoms with van der Waals surface area (Å²) in [7, 11) is 4.48. The number of nitrogens with two attached hydrogens (primary N) is 1. The molecule has 1 aromatic carbocycles. The smallest absolute Gasteiger partial charge is 0.312 e. The quantitative estimate of drug-likeness (QED) is 0.279. The maximum Gasteiger partial charge on any atom is 0.312 e. The molecule has 12 heteroatoms. The van der Waals surface area contributed by atoms with Gasteiger partial charge in [-0.3, -0.25) is 19.3 Å². The number of nitrogens with one attached hydrogen (secondary N) is 2. The number of thioether (sulfide) groups is 1. The lowest BCUT2D eigenvalue weighted by molar-refractivity contribution is -0.124. The summed E-state index contributed by atoms with van der Waals surface area (Å²) >= 11 is 0.830. The number of carbonyl (C=O) groups is 4. The van der Waals surface area contributed by atoms with E-state index < -0.39 is 17.2 Å². The Bertz CT molecular complexity index is 926. The third-order valence-electron chi connectivity index (χ3n) is 4.90. The second-order valence-electron chi connectivity index (χ2n) is 7.24. The van der Waals surface area contributed by atoms with Crippen LogP contribution in [0.5, 0.6) is 17.2 Å². The molecule has 0 radical (unpaired) electrons. The molecule has 2 rings (SSSR count). The van der Waals surface area contributed by atoms with Gasteiger partial charge in [-0.15, -0.1) is 0 Å².